The first-order valence-corrected chi connectivity index (χ1v) is 10.4. The minimum absolute atomic E-state index is 0.189. The molecule has 0 bridgehead atoms. The Morgan fingerprint density at radius 2 is 1.88 bits per heavy atom. The molecule has 1 aliphatic rings. The number of hydrogen-bond donors (Lipinski definition) is 1. The molecule has 10 heteroatoms. The van der Waals surface area contributed by atoms with Gasteiger partial charge in [0.05, 0.1) is 12.1 Å². The van der Waals surface area contributed by atoms with Crippen molar-refractivity contribution in [3.63, 3.8) is 0 Å². The number of halogens is 4. The summed E-state index contributed by atoms with van der Waals surface area (Å²) in [5, 5.41) is 7.29. The Morgan fingerprint density at radius 1 is 1.16 bits per heavy atom. The molecule has 0 spiro atoms. The maximum atomic E-state index is 12.7. The Bertz CT molecular complexity index is 1080. The van der Waals surface area contributed by atoms with Gasteiger partial charge in [0.15, 0.2) is 0 Å². The van der Waals surface area contributed by atoms with E-state index in [0.29, 0.717) is 54.9 Å². The Labute approximate surface area is 187 Å². The van der Waals surface area contributed by atoms with Crippen molar-refractivity contribution in [1.29, 1.82) is 0 Å². The van der Waals surface area contributed by atoms with Gasteiger partial charge in [-0.3, -0.25) is 9.69 Å². The van der Waals surface area contributed by atoms with E-state index in [9.17, 15) is 18.0 Å². The molecule has 168 valence electrons. The summed E-state index contributed by atoms with van der Waals surface area (Å²) in [7, 11) is 0. The molecule has 1 amide bonds. The molecule has 0 atom stereocenters. The SMILES string of the molecule is O=C(Nc1ccc(C(F)(F)F)cc1)C1CCN(Cc2nc(-c3cccc(Cl)c3)no2)CC1. The van der Waals surface area contributed by atoms with Crippen LogP contribution in [0, 0.1) is 5.92 Å². The zero-order valence-electron chi connectivity index (χ0n) is 16.9. The number of carbonyl (C=O) groups excluding carboxylic acids is 1. The minimum atomic E-state index is -4.40. The summed E-state index contributed by atoms with van der Waals surface area (Å²) in [6, 6.07) is 11.6. The lowest BCUT2D eigenvalue weighted by Gasteiger charge is -2.30. The largest absolute Gasteiger partial charge is 0.416 e. The van der Waals surface area contributed by atoms with Crippen LogP contribution in [0.2, 0.25) is 5.02 Å². The first-order chi connectivity index (χ1) is 15.3. The van der Waals surface area contributed by atoms with E-state index in [-0.39, 0.29) is 11.8 Å². The predicted molar refractivity (Wildman–Crippen MR) is 113 cm³/mol. The van der Waals surface area contributed by atoms with E-state index in [0.717, 1.165) is 17.7 Å². The topological polar surface area (TPSA) is 71.3 Å². The summed E-state index contributed by atoms with van der Waals surface area (Å²) < 4.78 is 43.3. The van der Waals surface area contributed by atoms with Crippen molar-refractivity contribution in [2.24, 2.45) is 5.92 Å². The summed E-state index contributed by atoms with van der Waals surface area (Å²) in [4.78, 5) is 19.0. The number of carbonyl (C=O) groups is 1. The quantitative estimate of drug-likeness (QED) is 0.557. The van der Waals surface area contributed by atoms with E-state index in [1.165, 1.54) is 12.1 Å². The fourth-order valence-electron chi connectivity index (χ4n) is 3.60. The van der Waals surface area contributed by atoms with Crippen LogP contribution in [0.15, 0.2) is 53.1 Å². The molecule has 0 aliphatic carbocycles. The van der Waals surface area contributed by atoms with Crippen molar-refractivity contribution in [2.45, 2.75) is 25.6 Å². The van der Waals surface area contributed by atoms with Crippen LogP contribution in [-0.2, 0) is 17.5 Å². The minimum Gasteiger partial charge on any atom is -0.338 e. The molecule has 2 heterocycles. The number of amides is 1. The van der Waals surface area contributed by atoms with Crippen molar-refractivity contribution in [1.82, 2.24) is 15.0 Å². The number of hydrogen-bond acceptors (Lipinski definition) is 5. The standard InChI is InChI=1S/C22H20ClF3N4O2/c23-17-3-1-2-15(12-17)20-28-19(32-29-20)13-30-10-8-14(9-11-30)21(31)27-18-6-4-16(5-7-18)22(24,25)26/h1-7,12,14H,8-11,13H2,(H,27,31). The zero-order chi connectivity index (χ0) is 22.7. The third-order valence-electron chi connectivity index (χ3n) is 5.35. The maximum Gasteiger partial charge on any atom is 0.416 e. The molecule has 4 rings (SSSR count). The first-order valence-electron chi connectivity index (χ1n) is 10.1. The van der Waals surface area contributed by atoms with Crippen LogP contribution in [0.4, 0.5) is 18.9 Å². The van der Waals surface area contributed by atoms with Crippen LogP contribution in [0.25, 0.3) is 11.4 Å². The number of aromatic nitrogens is 2. The molecule has 1 fully saturated rings. The second kappa shape index (κ2) is 9.30. The average Bonchev–Trinajstić information content (AvgIpc) is 3.22. The second-order valence-electron chi connectivity index (χ2n) is 7.64. The molecule has 1 saturated heterocycles. The summed E-state index contributed by atoms with van der Waals surface area (Å²) in [5.41, 5.74) is 0.374. The zero-order valence-corrected chi connectivity index (χ0v) is 17.7. The van der Waals surface area contributed by atoms with Crippen LogP contribution < -0.4 is 5.32 Å². The van der Waals surface area contributed by atoms with E-state index < -0.39 is 11.7 Å². The highest BCUT2D eigenvalue weighted by Gasteiger charge is 2.30. The van der Waals surface area contributed by atoms with Gasteiger partial charge in [-0.25, -0.2) is 0 Å². The molecular formula is C22H20ClF3N4O2. The molecule has 0 unspecified atom stereocenters. The van der Waals surface area contributed by atoms with Crippen LogP contribution in [0.3, 0.4) is 0 Å². The molecule has 1 aliphatic heterocycles. The highest BCUT2D eigenvalue weighted by molar-refractivity contribution is 6.30. The Kier molecular flexibility index (Phi) is 6.48. The van der Waals surface area contributed by atoms with Crippen LogP contribution >= 0.6 is 11.6 Å². The normalized spacial score (nSPS) is 15.6. The summed E-state index contributed by atoms with van der Waals surface area (Å²) >= 11 is 6.00. The first kappa shape index (κ1) is 22.3. The lowest BCUT2D eigenvalue weighted by molar-refractivity contribution is -0.137. The molecule has 1 aromatic heterocycles. The molecular weight excluding hydrogens is 445 g/mol. The van der Waals surface area contributed by atoms with E-state index >= 15 is 0 Å². The van der Waals surface area contributed by atoms with E-state index in [2.05, 4.69) is 20.4 Å². The Hall–Kier alpha value is -2.91. The van der Waals surface area contributed by atoms with E-state index in [1.807, 2.05) is 12.1 Å². The number of alkyl halides is 3. The Morgan fingerprint density at radius 3 is 2.53 bits per heavy atom. The second-order valence-corrected chi connectivity index (χ2v) is 8.07. The predicted octanol–water partition coefficient (Wildman–Crippen LogP) is 5.26. The van der Waals surface area contributed by atoms with Gasteiger partial charge in [-0.2, -0.15) is 18.2 Å². The van der Waals surface area contributed by atoms with Gasteiger partial charge in [-0.1, -0.05) is 28.9 Å². The highest BCUT2D eigenvalue weighted by atomic mass is 35.5. The third kappa shape index (κ3) is 5.46. The smallest absolute Gasteiger partial charge is 0.338 e. The summed E-state index contributed by atoms with van der Waals surface area (Å²) in [6.07, 6.45) is -3.15. The molecule has 1 N–H and O–H groups in total. The Balaban J connectivity index is 1.27. The molecule has 6 nitrogen and oxygen atoms in total. The van der Waals surface area contributed by atoms with Gasteiger partial charge in [0, 0.05) is 22.2 Å². The van der Waals surface area contributed by atoms with E-state index in [4.69, 9.17) is 16.1 Å². The number of nitrogens with one attached hydrogen (secondary N) is 1. The van der Waals surface area contributed by atoms with Gasteiger partial charge >= 0.3 is 6.18 Å². The van der Waals surface area contributed by atoms with Gasteiger partial charge in [0.1, 0.15) is 0 Å². The van der Waals surface area contributed by atoms with Gasteiger partial charge < -0.3 is 9.84 Å². The molecule has 2 aromatic carbocycles. The number of nitrogens with zero attached hydrogens (tertiary/aromatic N) is 3. The van der Waals surface area contributed by atoms with Crippen molar-refractivity contribution in [3.8, 4) is 11.4 Å². The van der Waals surface area contributed by atoms with Crippen LogP contribution in [0.1, 0.15) is 24.3 Å². The van der Waals surface area contributed by atoms with Gasteiger partial charge in [-0.05, 0) is 62.3 Å². The average molecular weight is 465 g/mol. The van der Waals surface area contributed by atoms with Crippen molar-refractivity contribution < 1.29 is 22.5 Å². The molecule has 0 saturated carbocycles. The number of rotatable bonds is 5. The fourth-order valence-corrected chi connectivity index (χ4v) is 3.79. The summed E-state index contributed by atoms with van der Waals surface area (Å²) in [6.45, 7) is 1.81. The lowest BCUT2D eigenvalue weighted by atomic mass is 9.96. The highest BCUT2D eigenvalue weighted by Crippen LogP contribution is 2.30. The number of piperidine rings is 1. The number of likely N-dealkylation sites (tertiary alicyclic amines) is 1. The monoisotopic (exact) mass is 464 g/mol. The lowest BCUT2D eigenvalue weighted by Crippen LogP contribution is -2.37. The van der Waals surface area contributed by atoms with Crippen molar-refractivity contribution in [3.05, 3.63) is 65.0 Å². The molecule has 3 aromatic rings. The summed E-state index contributed by atoms with van der Waals surface area (Å²) in [5.74, 6) is 0.546. The van der Waals surface area contributed by atoms with Gasteiger partial charge in [0.25, 0.3) is 0 Å². The van der Waals surface area contributed by atoms with Crippen molar-refractivity contribution >= 4 is 23.2 Å². The molecule has 0 radical (unpaired) electrons. The van der Waals surface area contributed by atoms with Gasteiger partial charge in [0.2, 0.25) is 17.6 Å². The molecule has 32 heavy (non-hydrogen) atoms. The third-order valence-corrected chi connectivity index (χ3v) is 5.58. The maximum absolute atomic E-state index is 12.7. The van der Waals surface area contributed by atoms with Crippen molar-refractivity contribution in [2.75, 3.05) is 18.4 Å². The van der Waals surface area contributed by atoms with Gasteiger partial charge in [-0.15, -0.1) is 0 Å². The van der Waals surface area contributed by atoms with Crippen LogP contribution in [0.5, 0.6) is 0 Å². The number of benzene rings is 2. The number of anilines is 1. The van der Waals surface area contributed by atoms with Crippen LogP contribution in [-0.4, -0.2) is 34.0 Å². The van der Waals surface area contributed by atoms with E-state index in [1.54, 1.807) is 12.1 Å². The fraction of sp³-hybridized carbons (Fsp3) is 0.318.